The molecule has 1 rings (SSSR count). The first-order valence-electron chi connectivity index (χ1n) is 4.07. The van der Waals surface area contributed by atoms with Crippen molar-refractivity contribution >= 4 is 5.91 Å². The van der Waals surface area contributed by atoms with Gasteiger partial charge in [0.1, 0.15) is 5.69 Å². The highest BCUT2D eigenvalue weighted by atomic mass is 16.3. The fourth-order valence-corrected chi connectivity index (χ4v) is 0.828. The number of carbonyl (C=O) groups is 1. The van der Waals surface area contributed by atoms with Crippen LogP contribution >= 0.6 is 0 Å². The van der Waals surface area contributed by atoms with E-state index in [1.165, 1.54) is 0 Å². The van der Waals surface area contributed by atoms with Crippen molar-refractivity contribution in [3.05, 3.63) is 30.1 Å². The monoisotopic (exact) mass is 180 g/mol. The van der Waals surface area contributed by atoms with Crippen molar-refractivity contribution in [3.8, 4) is 0 Å². The zero-order chi connectivity index (χ0) is 9.68. The molecule has 2 N–H and O–H groups in total. The standard InChI is InChI=1S/C9H12N2O2/c1-7(12)6-11-9(13)8-4-2-3-5-10-8/h2-5,7,12H,6H2,1H3,(H,11,13)/t7-/m0/s1. The van der Waals surface area contributed by atoms with E-state index in [4.69, 9.17) is 5.11 Å². The molecule has 0 bridgehead atoms. The van der Waals surface area contributed by atoms with Crippen LogP contribution in [0, 0.1) is 0 Å². The van der Waals surface area contributed by atoms with Gasteiger partial charge in [0.05, 0.1) is 6.10 Å². The molecule has 0 unspecified atom stereocenters. The lowest BCUT2D eigenvalue weighted by molar-refractivity contribution is 0.0919. The molecule has 4 nitrogen and oxygen atoms in total. The van der Waals surface area contributed by atoms with Crippen molar-refractivity contribution in [2.45, 2.75) is 13.0 Å². The van der Waals surface area contributed by atoms with Gasteiger partial charge in [-0.15, -0.1) is 0 Å². The number of hydrogen-bond donors (Lipinski definition) is 2. The summed E-state index contributed by atoms with van der Waals surface area (Å²) in [5.41, 5.74) is 0.364. The van der Waals surface area contributed by atoms with Crippen LogP contribution in [0.4, 0.5) is 0 Å². The van der Waals surface area contributed by atoms with E-state index < -0.39 is 6.10 Å². The van der Waals surface area contributed by atoms with Gasteiger partial charge >= 0.3 is 0 Å². The molecule has 4 heteroatoms. The van der Waals surface area contributed by atoms with Gasteiger partial charge in [0.15, 0.2) is 0 Å². The molecule has 0 saturated carbocycles. The first-order chi connectivity index (χ1) is 6.20. The Hall–Kier alpha value is -1.42. The Morgan fingerprint density at radius 3 is 3.00 bits per heavy atom. The average Bonchev–Trinajstić information content (AvgIpc) is 2.15. The largest absolute Gasteiger partial charge is 0.392 e. The molecule has 0 radical (unpaired) electrons. The van der Waals surface area contributed by atoms with Gasteiger partial charge in [-0.25, -0.2) is 0 Å². The molecule has 0 aliphatic carbocycles. The third-order valence-electron chi connectivity index (χ3n) is 1.46. The predicted molar refractivity (Wildman–Crippen MR) is 48.3 cm³/mol. The second kappa shape index (κ2) is 4.57. The van der Waals surface area contributed by atoms with Crippen LogP contribution in [0.2, 0.25) is 0 Å². The molecule has 0 aliphatic rings. The molecule has 1 amide bonds. The average molecular weight is 180 g/mol. The van der Waals surface area contributed by atoms with E-state index in [1.54, 1.807) is 31.3 Å². The van der Waals surface area contributed by atoms with Crippen LogP contribution in [0.15, 0.2) is 24.4 Å². The number of pyridine rings is 1. The van der Waals surface area contributed by atoms with Crippen LogP contribution in [-0.2, 0) is 0 Å². The van der Waals surface area contributed by atoms with E-state index >= 15 is 0 Å². The van der Waals surface area contributed by atoms with Gasteiger partial charge in [-0.3, -0.25) is 9.78 Å². The van der Waals surface area contributed by atoms with Crippen molar-refractivity contribution in [2.75, 3.05) is 6.54 Å². The van der Waals surface area contributed by atoms with Gasteiger partial charge in [0, 0.05) is 12.7 Å². The summed E-state index contributed by atoms with van der Waals surface area (Å²) in [6.45, 7) is 1.86. The van der Waals surface area contributed by atoms with E-state index in [0.29, 0.717) is 5.69 Å². The number of aliphatic hydroxyl groups excluding tert-OH is 1. The van der Waals surface area contributed by atoms with Gasteiger partial charge in [0.25, 0.3) is 5.91 Å². The number of nitrogens with one attached hydrogen (secondary N) is 1. The minimum Gasteiger partial charge on any atom is -0.392 e. The molecular formula is C9H12N2O2. The van der Waals surface area contributed by atoms with Crippen LogP contribution in [-0.4, -0.2) is 28.6 Å². The van der Waals surface area contributed by atoms with E-state index in [0.717, 1.165) is 0 Å². The maximum Gasteiger partial charge on any atom is 0.269 e. The first kappa shape index (κ1) is 9.67. The topological polar surface area (TPSA) is 62.2 Å². The van der Waals surface area contributed by atoms with Crippen molar-refractivity contribution in [1.29, 1.82) is 0 Å². The Morgan fingerprint density at radius 1 is 1.69 bits per heavy atom. The van der Waals surface area contributed by atoms with Crippen molar-refractivity contribution in [1.82, 2.24) is 10.3 Å². The second-order valence-electron chi connectivity index (χ2n) is 2.77. The Labute approximate surface area is 76.6 Å². The molecule has 1 aromatic heterocycles. The van der Waals surface area contributed by atoms with Gasteiger partial charge in [-0.1, -0.05) is 6.07 Å². The minimum absolute atomic E-state index is 0.245. The number of nitrogens with zero attached hydrogens (tertiary/aromatic N) is 1. The number of amides is 1. The van der Waals surface area contributed by atoms with Crippen LogP contribution in [0.3, 0.4) is 0 Å². The molecule has 1 heterocycles. The zero-order valence-corrected chi connectivity index (χ0v) is 7.40. The highest BCUT2D eigenvalue weighted by molar-refractivity contribution is 5.92. The lowest BCUT2D eigenvalue weighted by Crippen LogP contribution is -2.30. The van der Waals surface area contributed by atoms with Gasteiger partial charge in [0.2, 0.25) is 0 Å². The molecule has 0 aromatic carbocycles. The van der Waals surface area contributed by atoms with Crippen molar-refractivity contribution < 1.29 is 9.90 Å². The number of hydrogen-bond acceptors (Lipinski definition) is 3. The highest BCUT2D eigenvalue weighted by Gasteiger charge is 2.05. The van der Waals surface area contributed by atoms with Crippen molar-refractivity contribution in [3.63, 3.8) is 0 Å². The summed E-state index contributed by atoms with van der Waals surface area (Å²) in [4.78, 5) is 15.1. The smallest absolute Gasteiger partial charge is 0.269 e. The first-order valence-corrected chi connectivity index (χ1v) is 4.07. The normalized spacial score (nSPS) is 12.2. The van der Waals surface area contributed by atoms with Crippen LogP contribution < -0.4 is 5.32 Å². The molecule has 1 aromatic rings. The molecular weight excluding hydrogens is 168 g/mol. The Balaban J connectivity index is 2.50. The second-order valence-corrected chi connectivity index (χ2v) is 2.77. The fourth-order valence-electron chi connectivity index (χ4n) is 0.828. The number of rotatable bonds is 3. The van der Waals surface area contributed by atoms with E-state index in [-0.39, 0.29) is 12.5 Å². The molecule has 0 fully saturated rings. The van der Waals surface area contributed by atoms with Gasteiger partial charge in [-0.2, -0.15) is 0 Å². The van der Waals surface area contributed by atoms with Crippen LogP contribution in [0.25, 0.3) is 0 Å². The molecule has 0 spiro atoms. The zero-order valence-electron chi connectivity index (χ0n) is 7.40. The van der Waals surface area contributed by atoms with E-state index in [2.05, 4.69) is 10.3 Å². The Morgan fingerprint density at radius 2 is 2.46 bits per heavy atom. The SMILES string of the molecule is C[C@H](O)CNC(=O)c1ccccn1. The lowest BCUT2D eigenvalue weighted by atomic mass is 10.3. The minimum atomic E-state index is -0.535. The summed E-state index contributed by atoms with van der Waals surface area (Å²) < 4.78 is 0. The summed E-state index contributed by atoms with van der Waals surface area (Å²) >= 11 is 0. The summed E-state index contributed by atoms with van der Waals surface area (Å²) in [7, 11) is 0. The summed E-state index contributed by atoms with van der Waals surface area (Å²) in [5.74, 6) is -0.262. The maximum atomic E-state index is 11.3. The quantitative estimate of drug-likeness (QED) is 0.698. The van der Waals surface area contributed by atoms with Crippen LogP contribution in [0.1, 0.15) is 17.4 Å². The van der Waals surface area contributed by atoms with E-state index in [9.17, 15) is 4.79 Å². The maximum absolute atomic E-state index is 11.3. The predicted octanol–water partition coefficient (Wildman–Crippen LogP) is 0.192. The Kier molecular flexibility index (Phi) is 3.40. The molecule has 0 aliphatic heterocycles. The van der Waals surface area contributed by atoms with Crippen LogP contribution in [0.5, 0.6) is 0 Å². The van der Waals surface area contributed by atoms with Gasteiger partial charge < -0.3 is 10.4 Å². The fraction of sp³-hybridized carbons (Fsp3) is 0.333. The van der Waals surface area contributed by atoms with Gasteiger partial charge in [-0.05, 0) is 19.1 Å². The summed E-state index contributed by atoms with van der Waals surface area (Å²) in [6, 6.07) is 5.10. The summed E-state index contributed by atoms with van der Waals surface area (Å²) in [5, 5.41) is 11.5. The number of aromatic nitrogens is 1. The lowest BCUT2D eigenvalue weighted by Gasteiger charge is -2.05. The number of carbonyl (C=O) groups excluding carboxylic acids is 1. The Bertz CT molecular complexity index is 272. The van der Waals surface area contributed by atoms with Crippen molar-refractivity contribution in [2.24, 2.45) is 0 Å². The third kappa shape index (κ3) is 3.21. The van der Waals surface area contributed by atoms with E-state index in [1.807, 2.05) is 0 Å². The summed E-state index contributed by atoms with van der Waals surface area (Å²) in [6.07, 6.45) is 1.02. The molecule has 0 saturated heterocycles. The third-order valence-corrected chi connectivity index (χ3v) is 1.46. The molecule has 13 heavy (non-hydrogen) atoms. The molecule has 1 atom stereocenters. The highest BCUT2D eigenvalue weighted by Crippen LogP contribution is 1.92. The number of aliphatic hydroxyl groups is 1. The molecule has 70 valence electrons.